The molecular formula is C28H23N5O7S. The van der Waals surface area contributed by atoms with Crippen molar-refractivity contribution in [3.63, 3.8) is 0 Å². The number of nitro benzene ring substituents is 1. The van der Waals surface area contributed by atoms with E-state index >= 15 is 0 Å². The number of carbonyl (C=O) groups is 3. The molecular weight excluding hydrogens is 550 g/mol. The SMILES string of the molecule is C[C@@H](O)[C@H]1C(=O)N2C(C(=O)OCc3ccc([N+](=O)[O-])cc3)=C(c3cn4cnc(C(=O)c5ccncc5)c4s3)[C@H](C)[C@H]12. The van der Waals surface area contributed by atoms with E-state index in [4.69, 9.17) is 4.74 Å². The Morgan fingerprint density at radius 2 is 1.90 bits per heavy atom. The Bertz CT molecular complexity index is 1740. The lowest BCUT2D eigenvalue weighted by atomic mass is 9.77. The number of non-ortho nitro benzene ring substituents is 1. The van der Waals surface area contributed by atoms with Crippen LogP contribution in [0.4, 0.5) is 5.69 Å². The molecule has 208 valence electrons. The molecule has 5 heterocycles. The van der Waals surface area contributed by atoms with Crippen LogP contribution in [0.15, 0.2) is 67.0 Å². The molecule has 0 radical (unpaired) electrons. The molecule has 1 N–H and O–H groups in total. The van der Waals surface area contributed by atoms with Crippen LogP contribution in [0.1, 0.15) is 40.3 Å². The van der Waals surface area contributed by atoms with Crippen molar-refractivity contribution in [2.75, 3.05) is 0 Å². The van der Waals surface area contributed by atoms with Crippen LogP contribution in [0, 0.1) is 22.0 Å². The van der Waals surface area contributed by atoms with Gasteiger partial charge in [0.25, 0.3) is 5.69 Å². The van der Waals surface area contributed by atoms with Crippen molar-refractivity contribution in [1.29, 1.82) is 0 Å². The number of carbonyl (C=O) groups excluding carboxylic acids is 3. The summed E-state index contributed by atoms with van der Waals surface area (Å²) in [6.07, 6.45) is 5.43. The van der Waals surface area contributed by atoms with Gasteiger partial charge in [-0.3, -0.25) is 29.1 Å². The topological polar surface area (TPSA) is 157 Å². The number of hydrogen-bond acceptors (Lipinski definition) is 10. The maximum atomic E-state index is 13.5. The number of aliphatic hydroxyl groups excluding tert-OH is 1. The molecule has 0 bridgehead atoms. The van der Waals surface area contributed by atoms with Gasteiger partial charge in [0.1, 0.15) is 29.2 Å². The zero-order valence-corrected chi connectivity index (χ0v) is 22.6. The largest absolute Gasteiger partial charge is 0.456 e. The Morgan fingerprint density at radius 1 is 1.20 bits per heavy atom. The van der Waals surface area contributed by atoms with Crippen molar-refractivity contribution in [2.45, 2.75) is 32.6 Å². The second-order valence-corrected chi connectivity index (χ2v) is 11.0. The molecule has 6 rings (SSSR count). The van der Waals surface area contributed by atoms with Gasteiger partial charge in [0.2, 0.25) is 11.7 Å². The Kier molecular flexibility index (Phi) is 6.47. The van der Waals surface area contributed by atoms with Crippen molar-refractivity contribution in [1.82, 2.24) is 19.3 Å². The summed E-state index contributed by atoms with van der Waals surface area (Å²) in [7, 11) is 0. The zero-order chi connectivity index (χ0) is 29.0. The molecule has 12 nitrogen and oxygen atoms in total. The number of amides is 1. The van der Waals surface area contributed by atoms with Gasteiger partial charge in [-0.05, 0) is 36.8 Å². The molecule has 1 aromatic carbocycles. The van der Waals surface area contributed by atoms with Crippen molar-refractivity contribution in [3.05, 3.63) is 98.8 Å². The Morgan fingerprint density at radius 3 is 2.56 bits per heavy atom. The van der Waals surface area contributed by atoms with Crippen molar-refractivity contribution in [3.8, 4) is 0 Å². The minimum Gasteiger partial charge on any atom is -0.456 e. The van der Waals surface area contributed by atoms with Crippen LogP contribution < -0.4 is 0 Å². The summed E-state index contributed by atoms with van der Waals surface area (Å²) in [5, 5.41) is 21.2. The number of aliphatic hydroxyl groups is 1. The molecule has 41 heavy (non-hydrogen) atoms. The van der Waals surface area contributed by atoms with Crippen LogP contribution in [-0.4, -0.2) is 59.1 Å². The summed E-state index contributed by atoms with van der Waals surface area (Å²) in [6.45, 7) is 3.28. The maximum Gasteiger partial charge on any atom is 0.355 e. The number of esters is 1. The number of rotatable bonds is 8. The van der Waals surface area contributed by atoms with Crippen LogP contribution >= 0.6 is 11.3 Å². The van der Waals surface area contributed by atoms with E-state index in [2.05, 4.69) is 9.97 Å². The van der Waals surface area contributed by atoms with Gasteiger partial charge in [0.15, 0.2) is 0 Å². The molecule has 3 aromatic heterocycles. The Balaban J connectivity index is 1.36. The molecule has 1 fully saturated rings. The first-order chi connectivity index (χ1) is 19.7. The highest BCUT2D eigenvalue weighted by molar-refractivity contribution is 7.18. The molecule has 0 unspecified atom stereocenters. The van der Waals surface area contributed by atoms with Crippen LogP contribution in [0.5, 0.6) is 0 Å². The van der Waals surface area contributed by atoms with E-state index in [1.54, 1.807) is 29.7 Å². The molecule has 4 aromatic rings. The summed E-state index contributed by atoms with van der Waals surface area (Å²) in [6, 6.07) is 8.41. The molecule has 1 saturated heterocycles. The average molecular weight is 574 g/mol. The number of ether oxygens (including phenoxy) is 1. The molecule has 13 heteroatoms. The van der Waals surface area contributed by atoms with Gasteiger partial charge in [-0.2, -0.15) is 0 Å². The zero-order valence-electron chi connectivity index (χ0n) is 21.8. The number of nitro groups is 1. The van der Waals surface area contributed by atoms with Gasteiger partial charge in [0, 0.05) is 47.8 Å². The number of aromatic nitrogens is 3. The van der Waals surface area contributed by atoms with E-state index in [1.165, 1.54) is 59.2 Å². The fourth-order valence-corrected chi connectivity index (χ4v) is 6.75. The lowest BCUT2D eigenvalue weighted by molar-refractivity contribution is -0.384. The van der Waals surface area contributed by atoms with E-state index < -0.39 is 29.0 Å². The van der Waals surface area contributed by atoms with Crippen molar-refractivity contribution >= 4 is 45.1 Å². The molecule has 0 spiro atoms. The van der Waals surface area contributed by atoms with Crippen LogP contribution in [0.25, 0.3) is 10.4 Å². The summed E-state index contributed by atoms with van der Waals surface area (Å²) in [5.41, 5.74) is 1.82. The number of thiazole rings is 1. The summed E-state index contributed by atoms with van der Waals surface area (Å²) in [5.74, 6) is -2.35. The van der Waals surface area contributed by atoms with Crippen LogP contribution in [0.3, 0.4) is 0 Å². The summed E-state index contributed by atoms with van der Waals surface area (Å²) in [4.78, 5) is 61.1. The van der Waals surface area contributed by atoms with E-state index in [9.17, 15) is 29.6 Å². The monoisotopic (exact) mass is 573 g/mol. The van der Waals surface area contributed by atoms with E-state index in [-0.39, 0.29) is 41.3 Å². The Labute approximate surface area is 236 Å². The number of ketones is 1. The third-order valence-electron chi connectivity index (χ3n) is 7.52. The first-order valence-corrected chi connectivity index (χ1v) is 13.6. The number of fused-ring (bicyclic) bond motifs is 2. The maximum absolute atomic E-state index is 13.5. The van der Waals surface area contributed by atoms with Gasteiger partial charge < -0.3 is 14.7 Å². The molecule has 4 atom stereocenters. The first-order valence-electron chi connectivity index (χ1n) is 12.7. The fraction of sp³-hybridized carbons (Fsp3) is 0.250. The number of benzene rings is 1. The smallest absolute Gasteiger partial charge is 0.355 e. The molecule has 0 saturated carbocycles. The predicted molar refractivity (Wildman–Crippen MR) is 146 cm³/mol. The number of pyridine rings is 1. The second kappa shape index (κ2) is 10.0. The normalized spacial score (nSPS) is 20.6. The third kappa shape index (κ3) is 4.30. The van der Waals surface area contributed by atoms with Crippen LogP contribution in [-0.2, 0) is 20.9 Å². The minimum absolute atomic E-state index is 0.0850. The quantitative estimate of drug-likeness (QED) is 0.110. The minimum atomic E-state index is -0.907. The van der Waals surface area contributed by atoms with E-state index in [0.717, 1.165) is 0 Å². The number of imidazole rings is 1. The van der Waals surface area contributed by atoms with Gasteiger partial charge in [-0.15, -0.1) is 11.3 Å². The second-order valence-electron chi connectivity index (χ2n) is 9.98. The fourth-order valence-electron chi connectivity index (χ4n) is 5.53. The summed E-state index contributed by atoms with van der Waals surface area (Å²) < 4.78 is 7.29. The summed E-state index contributed by atoms with van der Waals surface area (Å²) >= 11 is 1.27. The number of hydrogen-bond donors (Lipinski definition) is 1. The first kappa shape index (κ1) is 26.5. The average Bonchev–Trinajstić information content (AvgIpc) is 3.61. The van der Waals surface area contributed by atoms with Gasteiger partial charge in [-0.25, -0.2) is 9.78 Å². The van der Waals surface area contributed by atoms with Crippen LogP contribution in [0.2, 0.25) is 0 Å². The van der Waals surface area contributed by atoms with Crippen molar-refractivity contribution in [2.24, 2.45) is 11.8 Å². The molecule has 2 aliphatic heterocycles. The van der Waals surface area contributed by atoms with Gasteiger partial charge >= 0.3 is 5.97 Å². The Hall–Kier alpha value is -4.75. The van der Waals surface area contributed by atoms with Crippen molar-refractivity contribution < 1.29 is 29.2 Å². The van der Waals surface area contributed by atoms with Gasteiger partial charge in [0.05, 0.1) is 27.9 Å². The van der Waals surface area contributed by atoms with Gasteiger partial charge in [-0.1, -0.05) is 6.92 Å². The van der Waals surface area contributed by atoms with E-state index in [1.807, 2.05) is 6.92 Å². The molecule has 0 aliphatic carbocycles. The lowest BCUT2D eigenvalue weighted by Crippen LogP contribution is -2.63. The highest BCUT2D eigenvalue weighted by Crippen LogP contribution is 2.52. The predicted octanol–water partition coefficient (Wildman–Crippen LogP) is 3.24. The highest BCUT2D eigenvalue weighted by Gasteiger charge is 2.60. The lowest BCUT2D eigenvalue weighted by Gasteiger charge is -2.46. The van der Waals surface area contributed by atoms with E-state index in [0.29, 0.717) is 26.4 Å². The number of nitrogens with zero attached hydrogens (tertiary/aromatic N) is 5. The molecule has 1 amide bonds. The highest BCUT2D eigenvalue weighted by atomic mass is 32.1. The number of β-lactam (4-membered cyclic amide) rings is 1. The molecule has 2 aliphatic rings. The standard InChI is InChI=1S/C28H23N5O7S/c1-14-20(19-11-31-13-30-22(27(31)41-19)25(35)17-7-9-29-10-8-17)24(32-23(14)21(15(2)34)26(32)36)28(37)40-12-16-3-5-18(6-4-16)33(38)39/h3-11,13-15,21,23,34H,12H2,1-2H3/t14-,15+,21+,23+/m0/s1. The third-order valence-corrected chi connectivity index (χ3v) is 8.66.